The van der Waals surface area contributed by atoms with Crippen LogP contribution in [-0.2, 0) is 4.74 Å². The van der Waals surface area contributed by atoms with Gasteiger partial charge in [0, 0.05) is 30.8 Å². The number of nitrogens with zero attached hydrogens (tertiary/aromatic N) is 3. The van der Waals surface area contributed by atoms with Gasteiger partial charge in [-0.2, -0.15) is 0 Å². The van der Waals surface area contributed by atoms with Gasteiger partial charge < -0.3 is 15.2 Å². The van der Waals surface area contributed by atoms with E-state index in [1.807, 2.05) is 17.5 Å². The molecule has 0 amide bonds. The number of rotatable bonds is 3. The standard InChI is InChI=1S/C17H18N4O3/c1-10-9-21-15(18-10)13-3-2-11(16(22)23)8-14(13)20-17(21)19-12-4-6-24-7-5-12/h2-3,8-9,12H,4-7H2,1H3,(H,19,20)(H,22,23). The molecular weight excluding hydrogens is 308 g/mol. The number of ether oxygens (including phenoxy) is 1. The Kier molecular flexibility index (Phi) is 3.57. The van der Waals surface area contributed by atoms with Gasteiger partial charge in [0.05, 0.1) is 16.8 Å². The second-order valence-electron chi connectivity index (χ2n) is 6.08. The van der Waals surface area contributed by atoms with E-state index in [-0.39, 0.29) is 11.6 Å². The van der Waals surface area contributed by atoms with Crippen LogP contribution in [0.4, 0.5) is 5.95 Å². The van der Waals surface area contributed by atoms with Crippen LogP contribution in [0.15, 0.2) is 24.4 Å². The quantitative estimate of drug-likeness (QED) is 0.769. The molecule has 3 heterocycles. The SMILES string of the molecule is Cc1cn2c(NC3CCOCC3)nc3cc(C(=O)O)ccc3c2n1. The minimum atomic E-state index is -0.961. The topological polar surface area (TPSA) is 88.8 Å². The van der Waals surface area contributed by atoms with Crippen molar-refractivity contribution in [2.24, 2.45) is 0 Å². The highest BCUT2D eigenvalue weighted by molar-refractivity contribution is 5.98. The molecule has 2 aromatic heterocycles. The number of aromatic carboxylic acids is 1. The summed E-state index contributed by atoms with van der Waals surface area (Å²) in [5.41, 5.74) is 2.52. The Labute approximate surface area is 138 Å². The molecule has 0 bridgehead atoms. The number of carboxylic acid groups (broad SMARTS) is 1. The number of fused-ring (bicyclic) bond motifs is 3. The second-order valence-corrected chi connectivity index (χ2v) is 6.08. The first-order chi connectivity index (χ1) is 11.6. The fraction of sp³-hybridized carbons (Fsp3) is 0.353. The lowest BCUT2D eigenvalue weighted by Crippen LogP contribution is -2.29. The summed E-state index contributed by atoms with van der Waals surface area (Å²) >= 11 is 0. The number of benzene rings is 1. The van der Waals surface area contributed by atoms with Gasteiger partial charge in [-0.05, 0) is 38.0 Å². The number of anilines is 1. The molecule has 0 radical (unpaired) electrons. The van der Waals surface area contributed by atoms with Gasteiger partial charge in [-0.1, -0.05) is 0 Å². The molecule has 1 fully saturated rings. The van der Waals surface area contributed by atoms with Gasteiger partial charge in [0.2, 0.25) is 5.95 Å². The summed E-state index contributed by atoms with van der Waals surface area (Å²) in [6, 6.07) is 5.24. The van der Waals surface area contributed by atoms with Crippen LogP contribution in [0, 0.1) is 6.92 Å². The van der Waals surface area contributed by atoms with E-state index in [1.165, 1.54) is 0 Å². The minimum Gasteiger partial charge on any atom is -0.478 e. The van der Waals surface area contributed by atoms with E-state index in [1.54, 1.807) is 18.2 Å². The van der Waals surface area contributed by atoms with Crippen LogP contribution in [0.25, 0.3) is 16.6 Å². The molecule has 1 aliphatic rings. The Bertz CT molecular complexity index is 928. The van der Waals surface area contributed by atoms with E-state index in [9.17, 15) is 9.90 Å². The van der Waals surface area contributed by atoms with E-state index in [0.29, 0.717) is 11.5 Å². The molecule has 1 aromatic carbocycles. The number of nitrogens with one attached hydrogen (secondary N) is 1. The number of hydrogen-bond donors (Lipinski definition) is 2. The summed E-state index contributed by atoms with van der Waals surface area (Å²) in [6.45, 7) is 3.41. The molecule has 1 saturated heterocycles. The van der Waals surface area contributed by atoms with Gasteiger partial charge in [0.1, 0.15) is 5.65 Å². The van der Waals surface area contributed by atoms with Gasteiger partial charge in [-0.25, -0.2) is 14.8 Å². The molecule has 3 aromatic rings. The van der Waals surface area contributed by atoms with Crippen molar-refractivity contribution < 1.29 is 14.6 Å². The first-order valence-electron chi connectivity index (χ1n) is 7.99. The van der Waals surface area contributed by atoms with Gasteiger partial charge in [0.25, 0.3) is 0 Å². The average molecular weight is 326 g/mol. The van der Waals surface area contributed by atoms with Crippen LogP contribution < -0.4 is 5.32 Å². The summed E-state index contributed by atoms with van der Waals surface area (Å²) < 4.78 is 7.33. The Morgan fingerprint density at radius 1 is 1.33 bits per heavy atom. The molecule has 24 heavy (non-hydrogen) atoms. The highest BCUT2D eigenvalue weighted by Crippen LogP contribution is 2.24. The summed E-state index contributed by atoms with van der Waals surface area (Å²) in [5, 5.41) is 13.5. The first kappa shape index (κ1) is 14.9. The molecule has 0 unspecified atom stereocenters. The maximum atomic E-state index is 11.2. The predicted molar refractivity (Wildman–Crippen MR) is 89.7 cm³/mol. The van der Waals surface area contributed by atoms with Crippen molar-refractivity contribution >= 4 is 28.5 Å². The molecule has 0 saturated carbocycles. The molecule has 0 spiro atoms. The maximum Gasteiger partial charge on any atom is 0.335 e. The zero-order valence-corrected chi connectivity index (χ0v) is 13.3. The Hall–Kier alpha value is -2.67. The van der Waals surface area contributed by atoms with Crippen LogP contribution in [0.1, 0.15) is 28.9 Å². The van der Waals surface area contributed by atoms with E-state index in [2.05, 4.69) is 15.3 Å². The minimum absolute atomic E-state index is 0.222. The first-order valence-corrected chi connectivity index (χ1v) is 7.99. The number of aromatic nitrogens is 3. The molecular formula is C17H18N4O3. The third-order valence-corrected chi connectivity index (χ3v) is 4.32. The van der Waals surface area contributed by atoms with E-state index in [4.69, 9.17) is 4.74 Å². The third kappa shape index (κ3) is 2.56. The van der Waals surface area contributed by atoms with Crippen molar-refractivity contribution in [2.75, 3.05) is 18.5 Å². The largest absolute Gasteiger partial charge is 0.478 e. The van der Waals surface area contributed by atoms with Gasteiger partial charge in [-0.3, -0.25) is 4.40 Å². The summed E-state index contributed by atoms with van der Waals surface area (Å²) in [6.07, 6.45) is 3.78. The number of hydrogen-bond acceptors (Lipinski definition) is 5. The molecule has 0 atom stereocenters. The normalized spacial score (nSPS) is 15.9. The zero-order chi connectivity index (χ0) is 16.7. The van der Waals surface area contributed by atoms with Crippen molar-refractivity contribution in [3.63, 3.8) is 0 Å². The molecule has 7 heteroatoms. The maximum absolute atomic E-state index is 11.2. The van der Waals surface area contributed by atoms with Crippen molar-refractivity contribution in [2.45, 2.75) is 25.8 Å². The lowest BCUT2D eigenvalue weighted by atomic mass is 10.1. The average Bonchev–Trinajstić information content (AvgIpc) is 2.97. The van der Waals surface area contributed by atoms with Crippen LogP contribution in [-0.4, -0.2) is 44.7 Å². The van der Waals surface area contributed by atoms with E-state index in [0.717, 1.165) is 42.8 Å². The molecule has 124 valence electrons. The highest BCUT2D eigenvalue weighted by atomic mass is 16.5. The van der Waals surface area contributed by atoms with E-state index >= 15 is 0 Å². The van der Waals surface area contributed by atoms with Gasteiger partial charge in [-0.15, -0.1) is 0 Å². The van der Waals surface area contributed by atoms with Crippen molar-refractivity contribution in [1.82, 2.24) is 14.4 Å². The summed E-state index contributed by atoms with van der Waals surface area (Å²) in [5.74, 6) is -0.274. The Morgan fingerprint density at radius 2 is 2.12 bits per heavy atom. The van der Waals surface area contributed by atoms with Gasteiger partial charge >= 0.3 is 5.97 Å². The van der Waals surface area contributed by atoms with E-state index < -0.39 is 5.97 Å². The van der Waals surface area contributed by atoms with Crippen LogP contribution in [0.3, 0.4) is 0 Å². The lowest BCUT2D eigenvalue weighted by molar-refractivity contribution is 0.0697. The van der Waals surface area contributed by atoms with Crippen LogP contribution >= 0.6 is 0 Å². The molecule has 7 nitrogen and oxygen atoms in total. The molecule has 4 rings (SSSR count). The monoisotopic (exact) mass is 326 g/mol. The molecule has 0 aliphatic carbocycles. The Balaban J connectivity index is 1.87. The number of imidazole rings is 1. The van der Waals surface area contributed by atoms with Crippen LogP contribution in [0.2, 0.25) is 0 Å². The van der Waals surface area contributed by atoms with Crippen LogP contribution in [0.5, 0.6) is 0 Å². The van der Waals surface area contributed by atoms with Crippen molar-refractivity contribution in [3.05, 3.63) is 35.7 Å². The zero-order valence-electron chi connectivity index (χ0n) is 13.3. The fourth-order valence-corrected chi connectivity index (χ4v) is 3.09. The predicted octanol–water partition coefficient (Wildman–Crippen LogP) is 2.48. The fourth-order valence-electron chi connectivity index (χ4n) is 3.09. The lowest BCUT2D eigenvalue weighted by Gasteiger charge is -2.24. The van der Waals surface area contributed by atoms with Gasteiger partial charge in [0.15, 0.2) is 0 Å². The highest BCUT2D eigenvalue weighted by Gasteiger charge is 2.18. The van der Waals surface area contributed by atoms with Crippen molar-refractivity contribution in [1.29, 1.82) is 0 Å². The summed E-state index contributed by atoms with van der Waals surface area (Å²) in [7, 11) is 0. The third-order valence-electron chi connectivity index (χ3n) is 4.32. The second kappa shape index (κ2) is 5.76. The molecule has 1 aliphatic heterocycles. The van der Waals surface area contributed by atoms with Crippen molar-refractivity contribution in [3.8, 4) is 0 Å². The number of aryl methyl sites for hydroxylation is 1. The smallest absolute Gasteiger partial charge is 0.335 e. The molecule has 2 N–H and O–H groups in total. The Morgan fingerprint density at radius 3 is 2.88 bits per heavy atom. The number of carbonyl (C=O) groups is 1. The number of carboxylic acids is 1. The summed E-state index contributed by atoms with van der Waals surface area (Å²) in [4.78, 5) is 20.5.